The van der Waals surface area contributed by atoms with Crippen LogP contribution in [0.4, 0.5) is 5.82 Å². The van der Waals surface area contributed by atoms with Gasteiger partial charge in [0.25, 0.3) is 5.91 Å². The van der Waals surface area contributed by atoms with Gasteiger partial charge in [-0.2, -0.15) is 0 Å². The highest BCUT2D eigenvalue weighted by atomic mass is 16.5. The first-order valence-electron chi connectivity index (χ1n) is 6.54. The second-order valence-corrected chi connectivity index (χ2v) is 4.69. The van der Waals surface area contributed by atoms with Crippen molar-refractivity contribution < 1.29 is 13.9 Å². The maximum Gasteiger partial charge on any atom is 0.279 e. The summed E-state index contributed by atoms with van der Waals surface area (Å²) in [5.74, 6) is 0.659. The molecule has 6 heteroatoms. The lowest BCUT2D eigenvalue weighted by Crippen LogP contribution is -2.16. The fourth-order valence-corrected chi connectivity index (χ4v) is 2.23. The molecule has 1 fully saturated rings. The molecule has 104 valence electrons. The number of carbonyl (C=O) groups excluding carboxylic acids is 1. The minimum absolute atomic E-state index is 0.177. The van der Waals surface area contributed by atoms with Crippen molar-refractivity contribution in [3.05, 3.63) is 41.7 Å². The van der Waals surface area contributed by atoms with E-state index in [1.807, 2.05) is 19.1 Å². The lowest BCUT2D eigenvalue weighted by Gasteiger charge is -2.08. The molecule has 3 heterocycles. The highest BCUT2D eigenvalue weighted by Crippen LogP contribution is 2.30. The Morgan fingerprint density at radius 3 is 3.10 bits per heavy atom. The first-order valence-corrected chi connectivity index (χ1v) is 6.54. The lowest BCUT2D eigenvalue weighted by molar-refractivity contribution is 0.0889. The monoisotopic (exact) mass is 273 g/mol. The maximum absolute atomic E-state index is 12.2. The van der Waals surface area contributed by atoms with Gasteiger partial charge in [-0.15, -0.1) is 0 Å². The molecule has 1 aliphatic rings. The number of hydrogen-bond donors (Lipinski definition) is 1. The average molecular weight is 273 g/mol. The van der Waals surface area contributed by atoms with Crippen LogP contribution in [0.5, 0.6) is 0 Å². The van der Waals surface area contributed by atoms with Gasteiger partial charge >= 0.3 is 0 Å². The zero-order valence-electron chi connectivity index (χ0n) is 11.1. The van der Waals surface area contributed by atoms with Crippen LogP contribution >= 0.6 is 0 Å². The van der Waals surface area contributed by atoms with E-state index in [-0.39, 0.29) is 17.7 Å². The minimum atomic E-state index is -0.331. The van der Waals surface area contributed by atoms with E-state index in [0.29, 0.717) is 18.2 Å². The first kappa shape index (κ1) is 12.8. The van der Waals surface area contributed by atoms with E-state index in [2.05, 4.69) is 15.3 Å². The Bertz CT molecular complexity index is 618. The molecule has 20 heavy (non-hydrogen) atoms. The number of aromatic nitrogens is 2. The topological polar surface area (TPSA) is 77.2 Å². The number of nitrogens with one attached hydrogen (secondary N) is 1. The third kappa shape index (κ3) is 2.55. The summed E-state index contributed by atoms with van der Waals surface area (Å²) >= 11 is 0. The van der Waals surface area contributed by atoms with E-state index >= 15 is 0 Å². The fourth-order valence-electron chi connectivity index (χ4n) is 2.23. The highest BCUT2D eigenvalue weighted by molar-refractivity contribution is 6.03. The van der Waals surface area contributed by atoms with Gasteiger partial charge in [-0.25, -0.2) is 9.97 Å². The van der Waals surface area contributed by atoms with Crippen molar-refractivity contribution in [3.8, 4) is 0 Å². The van der Waals surface area contributed by atoms with Crippen molar-refractivity contribution in [1.82, 2.24) is 9.97 Å². The number of oxazole rings is 1. The van der Waals surface area contributed by atoms with E-state index in [1.54, 1.807) is 6.07 Å². The summed E-state index contributed by atoms with van der Waals surface area (Å²) in [7, 11) is 0. The van der Waals surface area contributed by atoms with Gasteiger partial charge < -0.3 is 14.5 Å². The summed E-state index contributed by atoms with van der Waals surface area (Å²) in [5, 5.41) is 2.72. The van der Waals surface area contributed by atoms with Gasteiger partial charge in [-0.3, -0.25) is 4.79 Å². The molecule has 1 N–H and O–H groups in total. The lowest BCUT2D eigenvalue weighted by atomic mass is 10.1. The molecule has 0 aromatic carbocycles. The fraction of sp³-hybridized carbons (Fsp3) is 0.357. The number of carbonyl (C=O) groups is 1. The van der Waals surface area contributed by atoms with Crippen molar-refractivity contribution >= 4 is 11.7 Å². The van der Waals surface area contributed by atoms with E-state index < -0.39 is 0 Å². The Kier molecular flexibility index (Phi) is 3.47. The van der Waals surface area contributed by atoms with Crippen molar-refractivity contribution in [1.29, 1.82) is 0 Å². The minimum Gasteiger partial charge on any atom is -0.445 e. The van der Waals surface area contributed by atoms with Crippen LogP contribution in [-0.4, -0.2) is 22.5 Å². The molecule has 0 bridgehead atoms. The molecule has 0 aliphatic carbocycles. The first-order chi connectivity index (χ1) is 9.74. The number of nitrogens with zero attached hydrogens (tertiary/aromatic N) is 2. The van der Waals surface area contributed by atoms with Crippen LogP contribution in [0.25, 0.3) is 0 Å². The second kappa shape index (κ2) is 5.42. The second-order valence-electron chi connectivity index (χ2n) is 4.69. The van der Waals surface area contributed by atoms with Crippen LogP contribution in [0.3, 0.4) is 0 Å². The molecule has 1 atom stereocenters. The summed E-state index contributed by atoms with van der Waals surface area (Å²) in [6.07, 6.45) is 2.91. The van der Waals surface area contributed by atoms with Gasteiger partial charge in [-0.1, -0.05) is 6.07 Å². The Morgan fingerprint density at radius 2 is 2.35 bits per heavy atom. The van der Waals surface area contributed by atoms with Crippen molar-refractivity contribution in [2.24, 2.45) is 0 Å². The standard InChI is InChI=1S/C14H15N3O3/c1-9-4-2-6-11(16-9)17-14(18)12-13(20-8-15-12)10-5-3-7-19-10/h2,4,6,8,10H,3,5,7H2,1H3,(H,16,17,18)/t10-/m0/s1. The van der Waals surface area contributed by atoms with Crippen molar-refractivity contribution in [2.75, 3.05) is 11.9 Å². The van der Waals surface area contributed by atoms with Crippen LogP contribution in [-0.2, 0) is 4.74 Å². The third-order valence-electron chi connectivity index (χ3n) is 3.16. The Morgan fingerprint density at radius 1 is 1.45 bits per heavy atom. The molecule has 2 aromatic rings. The van der Waals surface area contributed by atoms with E-state index in [4.69, 9.17) is 9.15 Å². The smallest absolute Gasteiger partial charge is 0.279 e. The average Bonchev–Trinajstić information content (AvgIpc) is 3.09. The number of pyridine rings is 1. The number of rotatable bonds is 3. The molecule has 1 saturated heterocycles. The van der Waals surface area contributed by atoms with Gasteiger partial charge in [0, 0.05) is 12.3 Å². The molecular formula is C14H15N3O3. The highest BCUT2D eigenvalue weighted by Gasteiger charge is 2.28. The number of aryl methyl sites for hydroxylation is 1. The van der Waals surface area contributed by atoms with Gasteiger partial charge in [0.2, 0.25) is 0 Å². The van der Waals surface area contributed by atoms with Crippen LogP contribution < -0.4 is 5.32 Å². The molecule has 0 saturated carbocycles. The van der Waals surface area contributed by atoms with Crippen LogP contribution in [0.2, 0.25) is 0 Å². The predicted octanol–water partition coefficient (Wildman–Crippen LogP) is 2.48. The molecule has 6 nitrogen and oxygen atoms in total. The molecule has 1 amide bonds. The normalized spacial score (nSPS) is 18.1. The zero-order valence-corrected chi connectivity index (χ0v) is 11.1. The number of amides is 1. The molecule has 2 aromatic heterocycles. The van der Waals surface area contributed by atoms with Gasteiger partial charge in [0.1, 0.15) is 11.9 Å². The Labute approximate surface area is 116 Å². The molecule has 1 aliphatic heterocycles. The van der Waals surface area contributed by atoms with Gasteiger partial charge in [0.15, 0.2) is 17.8 Å². The molecule has 0 unspecified atom stereocenters. The summed E-state index contributed by atoms with van der Waals surface area (Å²) in [4.78, 5) is 20.5. The molecule has 0 spiro atoms. The molecular weight excluding hydrogens is 258 g/mol. The zero-order chi connectivity index (χ0) is 13.9. The van der Waals surface area contributed by atoms with Crippen LogP contribution in [0.15, 0.2) is 29.0 Å². The number of hydrogen-bond acceptors (Lipinski definition) is 5. The van der Waals surface area contributed by atoms with E-state index in [9.17, 15) is 4.79 Å². The number of anilines is 1. The van der Waals surface area contributed by atoms with E-state index in [1.165, 1.54) is 6.39 Å². The molecule has 0 radical (unpaired) electrons. The van der Waals surface area contributed by atoms with E-state index in [0.717, 1.165) is 18.5 Å². The summed E-state index contributed by atoms with van der Waals surface area (Å²) in [5.41, 5.74) is 1.10. The summed E-state index contributed by atoms with van der Waals surface area (Å²) < 4.78 is 10.8. The Balaban J connectivity index is 1.79. The quantitative estimate of drug-likeness (QED) is 0.929. The predicted molar refractivity (Wildman–Crippen MR) is 71.4 cm³/mol. The third-order valence-corrected chi connectivity index (χ3v) is 3.16. The van der Waals surface area contributed by atoms with Crippen molar-refractivity contribution in [3.63, 3.8) is 0 Å². The SMILES string of the molecule is Cc1cccc(NC(=O)c2ncoc2[C@@H]2CCCO2)n1. The maximum atomic E-state index is 12.2. The summed E-state index contributed by atoms with van der Waals surface area (Å²) in [6.45, 7) is 2.55. The van der Waals surface area contributed by atoms with Crippen molar-refractivity contribution in [2.45, 2.75) is 25.9 Å². The number of ether oxygens (including phenoxy) is 1. The Hall–Kier alpha value is -2.21. The van der Waals surface area contributed by atoms with Crippen LogP contribution in [0, 0.1) is 6.92 Å². The van der Waals surface area contributed by atoms with Gasteiger partial charge in [-0.05, 0) is 31.9 Å². The van der Waals surface area contributed by atoms with Crippen LogP contribution in [0.1, 0.15) is 40.9 Å². The largest absolute Gasteiger partial charge is 0.445 e. The molecule has 3 rings (SSSR count). The van der Waals surface area contributed by atoms with Gasteiger partial charge in [0.05, 0.1) is 0 Å². The summed E-state index contributed by atoms with van der Waals surface area (Å²) in [6, 6.07) is 5.43.